The minimum Gasteiger partial charge on any atom is -0.509 e. The molecular formula is C14H15FO5. The molecule has 0 bridgehead atoms. The second-order valence-electron chi connectivity index (χ2n) is 4.13. The fraction of sp³-hybridized carbons (Fsp3) is 0.286. The van der Waals surface area contributed by atoms with Crippen molar-refractivity contribution in [1.82, 2.24) is 0 Å². The van der Waals surface area contributed by atoms with Crippen LogP contribution in [0, 0.1) is 5.82 Å². The summed E-state index contributed by atoms with van der Waals surface area (Å²) in [6.45, 7) is 1.16. The Morgan fingerprint density at radius 2 is 1.85 bits per heavy atom. The van der Waals surface area contributed by atoms with Crippen LogP contribution in [0.2, 0.25) is 0 Å². The summed E-state index contributed by atoms with van der Waals surface area (Å²) in [4.78, 5) is 22.6. The molecule has 1 atom stereocenters. The monoisotopic (exact) mass is 282 g/mol. The maximum Gasteiger partial charge on any atom is 0.310 e. The molecule has 108 valence electrons. The van der Waals surface area contributed by atoms with Gasteiger partial charge in [0.05, 0.1) is 13.5 Å². The predicted octanol–water partition coefficient (Wildman–Crippen LogP) is 1.82. The number of halogens is 1. The van der Waals surface area contributed by atoms with Gasteiger partial charge in [0.2, 0.25) is 0 Å². The molecule has 6 heteroatoms. The molecule has 1 rings (SSSR count). The SMILES string of the molecule is COC(=O)C/C(C(C)=O)=C(/O)C(O)c1ccc(F)cc1. The summed E-state index contributed by atoms with van der Waals surface area (Å²) in [6.07, 6.45) is -1.96. The quantitative estimate of drug-likeness (QED) is 0.489. The summed E-state index contributed by atoms with van der Waals surface area (Å²) in [5, 5.41) is 19.9. The summed E-state index contributed by atoms with van der Waals surface area (Å²) in [7, 11) is 1.15. The Kier molecular flexibility index (Phi) is 5.40. The lowest BCUT2D eigenvalue weighted by Gasteiger charge is -2.14. The van der Waals surface area contributed by atoms with Crippen molar-refractivity contribution in [1.29, 1.82) is 0 Å². The summed E-state index contributed by atoms with van der Waals surface area (Å²) >= 11 is 0. The summed E-state index contributed by atoms with van der Waals surface area (Å²) < 4.78 is 17.2. The minimum absolute atomic E-state index is 0.201. The van der Waals surface area contributed by atoms with Gasteiger partial charge in [0.15, 0.2) is 5.78 Å². The molecular weight excluding hydrogens is 267 g/mol. The molecule has 0 radical (unpaired) electrons. The van der Waals surface area contributed by atoms with Crippen molar-refractivity contribution in [2.75, 3.05) is 7.11 Å². The lowest BCUT2D eigenvalue weighted by molar-refractivity contribution is -0.140. The third-order valence-electron chi connectivity index (χ3n) is 2.73. The van der Waals surface area contributed by atoms with E-state index in [1.54, 1.807) is 0 Å². The highest BCUT2D eigenvalue weighted by atomic mass is 19.1. The number of methoxy groups -OCH3 is 1. The number of carbonyl (C=O) groups excluding carboxylic acids is 2. The van der Waals surface area contributed by atoms with Crippen LogP contribution in [-0.2, 0) is 14.3 Å². The van der Waals surface area contributed by atoms with Gasteiger partial charge in [-0.25, -0.2) is 4.39 Å². The van der Waals surface area contributed by atoms with Crippen LogP contribution >= 0.6 is 0 Å². The van der Waals surface area contributed by atoms with Gasteiger partial charge < -0.3 is 14.9 Å². The number of hydrogen-bond acceptors (Lipinski definition) is 5. The van der Waals surface area contributed by atoms with E-state index in [4.69, 9.17) is 0 Å². The maximum absolute atomic E-state index is 12.8. The molecule has 0 saturated carbocycles. The number of benzene rings is 1. The highest BCUT2D eigenvalue weighted by Crippen LogP contribution is 2.24. The maximum atomic E-state index is 12.8. The van der Waals surface area contributed by atoms with Crippen molar-refractivity contribution in [2.24, 2.45) is 0 Å². The van der Waals surface area contributed by atoms with E-state index in [1.165, 1.54) is 12.1 Å². The van der Waals surface area contributed by atoms with E-state index in [0.717, 1.165) is 26.2 Å². The fourth-order valence-electron chi connectivity index (χ4n) is 1.58. The molecule has 0 heterocycles. The van der Waals surface area contributed by atoms with Crippen LogP contribution in [0.25, 0.3) is 0 Å². The van der Waals surface area contributed by atoms with E-state index in [9.17, 15) is 24.2 Å². The Labute approximate surface area is 115 Å². The van der Waals surface area contributed by atoms with Crippen LogP contribution in [0.1, 0.15) is 25.0 Å². The van der Waals surface area contributed by atoms with Crippen molar-refractivity contribution in [2.45, 2.75) is 19.4 Å². The Hall–Kier alpha value is -2.21. The Morgan fingerprint density at radius 1 is 1.30 bits per heavy atom. The first kappa shape index (κ1) is 15.8. The predicted molar refractivity (Wildman–Crippen MR) is 68.3 cm³/mol. The van der Waals surface area contributed by atoms with Crippen LogP contribution in [0.15, 0.2) is 35.6 Å². The lowest BCUT2D eigenvalue weighted by Crippen LogP contribution is -2.13. The van der Waals surface area contributed by atoms with Gasteiger partial charge in [-0.05, 0) is 24.6 Å². The highest BCUT2D eigenvalue weighted by Gasteiger charge is 2.22. The third kappa shape index (κ3) is 3.89. The first-order chi connectivity index (χ1) is 9.36. The zero-order valence-electron chi connectivity index (χ0n) is 11.1. The van der Waals surface area contributed by atoms with E-state index >= 15 is 0 Å². The minimum atomic E-state index is -1.51. The lowest BCUT2D eigenvalue weighted by atomic mass is 10.00. The molecule has 1 aromatic rings. The van der Waals surface area contributed by atoms with Crippen molar-refractivity contribution in [3.63, 3.8) is 0 Å². The highest BCUT2D eigenvalue weighted by molar-refractivity contribution is 5.98. The van der Waals surface area contributed by atoms with E-state index in [-0.39, 0.29) is 11.1 Å². The normalized spacial score (nSPS) is 13.4. The second-order valence-corrected chi connectivity index (χ2v) is 4.13. The molecule has 0 aliphatic rings. The van der Waals surface area contributed by atoms with Gasteiger partial charge in [0, 0.05) is 5.57 Å². The van der Waals surface area contributed by atoms with Crippen molar-refractivity contribution < 1.29 is 28.9 Å². The van der Waals surface area contributed by atoms with Crippen LogP contribution in [-0.4, -0.2) is 29.1 Å². The van der Waals surface area contributed by atoms with Crippen molar-refractivity contribution in [3.05, 3.63) is 47.0 Å². The first-order valence-corrected chi connectivity index (χ1v) is 5.80. The molecule has 2 N–H and O–H groups in total. The number of hydrogen-bond donors (Lipinski definition) is 2. The molecule has 20 heavy (non-hydrogen) atoms. The Morgan fingerprint density at radius 3 is 2.30 bits per heavy atom. The summed E-state index contributed by atoms with van der Waals surface area (Å²) in [5.74, 6) is -2.41. The zero-order valence-corrected chi connectivity index (χ0v) is 11.1. The van der Waals surface area contributed by atoms with Gasteiger partial charge in [0.25, 0.3) is 0 Å². The van der Waals surface area contributed by atoms with E-state index in [2.05, 4.69) is 4.74 Å². The molecule has 0 amide bonds. The zero-order chi connectivity index (χ0) is 15.3. The molecule has 5 nitrogen and oxygen atoms in total. The number of ether oxygens (including phenoxy) is 1. The Balaban J connectivity index is 3.10. The molecule has 1 aromatic carbocycles. The molecule has 0 aromatic heterocycles. The summed E-state index contributed by atoms with van der Waals surface area (Å²) in [5.41, 5.74) is -0.0406. The van der Waals surface area contributed by atoms with Crippen LogP contribution in [0.5, 0.6) is 0 Å². The number of ketones is 1. The van der Waals surface area contributed by atoms with Crippen molar-refractivity contribution >= 4 is 11.8 Å². The number of rotatable bonds is 5. The average Bonchev–Trinajstić information content (AvgIpc) is 2.43. The van der Waals surface area contributed by atoms with Gasteiger partial charge in [-0.1, -0.05) is 12.1 Å². The number of aliphatic hydroxyl groups is 2. The van der Waals surface area contributed by atoms with Crippen molar-refractivity contribution in [3.8, 4) is 0 Å². The standard InChI is InChI=1S/C14H15FO5/c1-8(16)11(7-12(17)20-2)14(19)13(18)9-3-5-10(15)6-4-9/h3-6,13,18-19H,7H2,1-2H3/b14-11-. The van der Waals surface area contributed by atoms with Crippen LogP contribution in [0.4, 0.5) is 4.39 Å². The van der Waals surface area contributed by atoms with Gasteiger partial charge in [-0.15, -0.1) is 0 Å². The van der Waals surface area contributed by atoms with Gasteiger partial charge in [0.1, 0.15) is 17.7 Å². The molecule has 0 saturated heterocycles. The average molecular weight is 282 g/mol. The van der Waals surface area contributed by atoms with Crippen LogP contribution < -0.4 is 0 Å². The number of aliphatic hydroxyl groups excluding tert-OH is 2. The Bertz CT molecular complexity index is 533. The number of esters is 1. The van der Waals surface area contributed by atoms with E-state index in [1.807, 2.05) is 0 Å². The van der Waals surface area contributed by atoms with Crippen LogP contribution in [0.3, 0.4) is 0 Å². The molecule has 0 aliphatic heterocycles. The molecule has 1 unspecified atom stereocenters. The van der Waals surface area contributed by atoms with Gasteiger partial charge >= 0.3 is 5.97 Å². The van der Waals surface area contributed by atoms with E-state index < -0.39 is 35.9 Å². The van der Waals surface area contributed by atoms with Gasteiger partial charge in [-0.3, -0.25) is 9.59 Å². The molecule has 0 aliphatic carbocycles. The third-order valence-corrected chi connectivity index (χ3v) is 2.73. The topological polar surface area (TPSA) is 83.8 Å². The number of Topliss-reactive ketones (excluding diaryl/α,β-unsaturated/α-hetero) is 1. The van der Waals surface area contributed by atoms with E-state index in [0.29, 0.717) is 0 Å². The fourth-order valence-corrected chi connectivity index (χ4v) is 1.58. The largest absolute Gasteiger partial charge is 0.509 e. The number of carbonyl (C=O) groups is 2. The first-order valence-electron chi connectivity index (χ1n) is 5.80. The van der Waals surface area contributed by atoms with Gasteiger partial charge in [-0.2, -0.15) is 0 Å². The second kappa shape index (κ2) is 6.81. The smallest absolute Gasteiger partial charge is 0.310 e. The summed E-state index contributed by atoms with van der Waals surface area (Å²) in [6, 6.07) is 4.76. The molecule has 0 spiro atoms. The molecule has 0 fully saturated rings.